The molecule has 1 aromatic heterocycles. The van der Waals surface area contributed by atoms with Crippen molar-refractivity contribution in [1.82, 2.24) is 24.7 Å². The quantitative estimate of drug-likeness (QED) is 0.214. The number of rotatable bonds is 7. The average Bonchev–Trinajstić information content (AvgIpc) is 3.07. The van der Waals surface area contributed by atoms with Crippen LogP contribution in [0.1, 0.15) is 55.1 Å². The first kappa shape index (κ1) is 29.9. The van der Waals surface area contributed by atoms with Gasteiger partial charge in [0, 0.05) is 60.7 Å². The second-order valence-electron chi connectivity index (χ2n) is 12.6. The van der Waals surface area contributed by atoms with Gasteiger partial charge in [-0.15, -0.1) is 0 Å². The molecule has 0 unspecified atom stereocenters. The van der Waals surface area contributed by atoms with Gasteiger partial charge in [-0.1, -0.05) is 66.0 Å². The van der Waals surface area contributed by atoms with Gasteiger partial charge in [0.15, 0.2) is 0 Å². The Morgan fingerprint density at radius 1 is 0.659 bits per heavy atom. The van der Waals surface area contributed by atoms with E-state index in [1.807, 2.05) is 24.3 Å². The summed E-state index contributed by atoms with van der Waals surface area (Å²) in [7, 11) is 0. The maximum absolute atomic E-state index is 6.25. The minimum atomic E-state index is 0.156. The Labute approximate surface area is 271 Å². The molecule has 8 heteroatoms. The molecule has 4 heterocycles. The van der Waals surface area contributed by atoms with Crippen LogP contribution < -0.4 is 4.90 Å². The molecule has 230 valence electrons. The number of nitrogens with zero attached hydrogens (tertiary/aromatic N) is 6. The first-order valence-corrected chi connectivity index (χ1v) is 17.1. The van der Waals surface area contributed by atoms with Gasteiger partial charge in [0.2, 0.25) is 0 Å². The van der Waals surface area contributed by atoms with E-state index in [-0.39, 0.29) is 6.04 Å². The number of anilines is 1. The van der Waals surface area contributed by atoms with Gasteiger partial charge in [0.1, 0.15) is 11.6 Å². The molecule has 0 aliphatic carbocycles. The van der Waals surface area contributed by atoms with Gasteiger partial charge in [-0.05, 0) is 86.3 Å². The zero-order valence-electron chi connectivity index (χ0n) is 25.4. The van der Waals surface area contributed by atoms with Crippen LogP contribution in [0.15, 0.2) is 72.8 Å². The molecule has 0 bridgehead atoms. The van der Waals surface area contributed by atoms with E-state index in [9.17, 15) is 0 Å². The topological polar surface area (TPSA) is 38.7 Å². The molecule has 3 aliphatic rings. The number of para-hydroxylation sites is 1. The molecular formula is C36H42Cl2N6. The van der Waals surface area contributed by atoms with Crippen LogP contribution in [0.25, 0.3) is 10.9 Å². The van der Waals surface area contributed by atoms with E-state index in [4.69, 9.17) is 33.2 Å². The van der Waals surface area contributed by atoms with E-state index in [1.54, 1.807) is 0 Å². The summed E-state index contributed by atoms with van der Waals surface area (Å²) in [6.07, 6.45) is 6.55. The zero-order valence-corrected chi connectivity index (χ0v) is 26.9. The molecule has 0 N–H and O–H groups in total. The van der Waals surface area contributed by atoms with E-state index < -0.39 is 0 Å². The van der Waals surface area contributed by atoms with Crippen molar-refractivity contribution in [2.45, 2.75) is 50.7 Å². The minimum absolute atomic E-state index is 0.156. The molecule has 3 saturated heterocycles. The summed E-state index contributed by atoms with van der Waals surface area (Å²) in [4.78, 5) is 20.6. The Bertz CT molecular complexity index is 1480. The first-order chi connectivity index (χ1) is 21.6. The maximum atomic E-state index is 6.25. The molecule has 7 rings (SSSR count). The predicted octanol–water partition coefficient (Wildman–Crippen LogP) is 7.30. The second-order valence-corrected chi connectivity index (χ2v) is 13.5. The predicted molar refractivity (Wildman–Crippen MR) is 182 cm³/mol. The Kier molecular flexibility index (Phi) is 9.33. The number of hydrogen-bond donors (Lipinski definition) is 0. The van der Waals surface area contributed by atoms with Gasteiger partial charge < -0.3 is 9.80 Å². The lowest BCUT2D eigenvalue weighted by Gasteiger charge is -2.41. The monoisotopic (exact) mass is 628 g/mol. The molecule has 0 spiro atoms. The van der Waals surface area contributed by atoms with Crippen molar-refractivity contribution < 1.29 is 0 Å². The Hall–Kier alpha value is -2.74. The van der Waals surface area contributed by atoms with Crippen molar-refractivity contribution in [3.05, 3.63) is 99.8 Å². The summed E-state index contributed by atoms with van der Waals surface area (Å²) in [5, 5.41) is 2.69. The van der Waals surface area contributed by atoms with Gasteiger partial charge in [0.05, 0.1) is 18.1 Å². The third-order valence-electron chi connectivity index (χ3n) is 9.81. The van der Waals surface area contributed by atoms with E-state index in [0.29, 0.717) is 0 Å². The first-order valence-electron chi connectivity index (χ1n) is 16.3. The molecule has 4 aromatic rings. The number of fused-ring (bicyclic) bond motifs is 1. The van der Waals surface area contributed by atoms with Crippen molar-refractivity contribution >= 4 is 39.9 Å². The lowest BCUT2D eigenvalue weighted by atomic mass is 9.96. The van der Waals surface area contributed by atoms with E-state index in [0.717, 1.165) is 79.1 Å². The summed E-state index contributed by atoms with van der Waals surface area (Å²) >= 11 is 12.5. The lowest BCUT2D eigenvalue weighted by molar-refractivity contribution is 0.103. The molecule has 3 fully saturated rings. The van der Waals surface area contributed by atoms with Crippen LogP contribution in [0.5, 0.6) is 0 Å². The fraction of sp³-hybridized carbons (Fsp3) is 0.444. The molecule has 44 heavy (non-hydrogen) atoms. The highest BCUT2D eigenvalue weighted by Crippen LogP contribution is 2.32. The lowest BCUT2D eigenvalue weighted by Crippen LogP contribution is -2.48. The van der Waals surface area contributed by atoms with Gasteiger partial charge in [-0.3, -0.25) is 9.80 Å². The van der Waals surface area contributed by atoms with Gasteiger partial charge in [0.25, 0.3) is 0 Å². The van der Waals surface area contributed by atoms with Crippen LogP contribution in [0, 0.1) is 0 Å². The fourth-order valence-electron chi connectivity index (χ4n) is 7.43. The molecule has 0 radical (unpaired) electrons. The van der Waals surface area contributed by atoms with Crippen LogP contribution in [-0.4, -0.2) is 83.1 Å². The van der Waals surface area contributed by atoms with Crippen molar-refractivity contribution in [2.75, 3.05) is 57.3 Å². The Balaban J connectivity index is 1.05. The van der Waals surface area contributed by atoms with Crippen LogP contribution in [0.4, 0.5) is 5.82 Å². The third kappa shape index (κ3) is 6.75. The normalized spacial score (nSPS) is 19.7. The standard InChI is InChI=1S/C36H42Cl2N6/c37-29-12-8-27(9-13-29)35(28-10-14-30(38)15-11-28)43-24-22-41(23-25-43)26-34-39-33-7-3-2-6-32(33)36(40-34)44-20-16-31(17-21-44)42-18-4-1-5-19-42/h2-3,6-15,31,35H,1,4-5,16-26H2. The summed E-state index contributed by atoms with van der Waals surface area (Å²) in [5.74, 6) is 2.05. The summed E-state index contributed by atoms with van der Waals surface area (Å²) in [5.41, 5.74) is 3.54. The number of hydrogen-bond acceptors (Lipinski definition) is 6. The molecule has 6 nitrogen and oxygen atoms in total. The highest BCUT2D eigenvalue weighted by atomic mass is 35.5. The fourth-order valence-corrected chi connectivity index (χ4v) is 7.68. The summed E-state index contributed by atoms with van der Waals surface area (Å²) in [6, 6.07) is 26.0. The van der Waals surface area contributed by atoms with Crippen molar-refractivity contribution in [2.24, 2.45) is 0 Å². The number of piperazine rings is 1. The number of likely N-dealkylation sites (tertiary alicyclic amines) is 1. The van der Waals surface area contributed by atoms with Crippen LogP contribution in [0.2, 0.25) is 10.0 Å². The average molecular weight is 630 g/mol. The number of piperidine rings is 2. The van der Waals surface area contributed by atoms with Crippen molar-refractivity contribution in [3.8, 4) is 0 Å². The van der Waals surface area contributed by atoms with Crippen molar-refractivity contribution in [3.63, 3.8) is 0 Å². The molecular weight excluding hydrogens is 587 g/mol. The number of halogens is 2. The SMILES string of the molecule is Clc1ccc(C(c2ccc(Cl)cc2)N2CCN(Cc3nc(N4CCC(N5CCCCC5)CC4)c4ccccc4n3)CC2)cc1. The molecule has 3 aliphatic heterocycles. The second kappa shape index (κ2) is 13.7. The van der Waals surface area contributed by atoms with Crippen LogP contribution in [-0.2, 0) is 6.54 Å². The Morgan fingerprint density at radius 2 is 1.27 bits per heavy atom. The number of benzene rings is 3. The molecule has 0 amide bonds. The minimum Gasteiger partial charge on any atom is -0.356 e. The maximum Gasteiger partial charge on any atom is 0.145 e. The highest BCUT2D eigenvalue weighted by Gasteiger charge is 2.29. The summed E-state index contributed by atoms with van der Waals surface area (Å²) in [6.45, 7) is 9.30. The molecule has 0 saturated carbocycles. The summed E-state index contributed by atoms with van der Waals surface area (Å²) < 4.78 is 0. The van der Waals surface area contributed by atoms with Crippen molar-refractivity contribution in [1.29, 1.82) is 0 Å². The number of aromatic nitrogens is 2. The largest absolute Gasteiger partial charge is 0.356 e. The van der Waals surface area contributed by atoms with Crippen LogP contribution in [0.3, 0.4) is 0 Å². The van der Waals surface area contributed by atoms with Gasteiger partial charge in [-0.2, -0.15) is 0 Å². The highest BCUT2D eigenvalue weighted by molar-refractivity contribution is 6.30. The Morgan fingerprint density at radius 3 is 1.91 bits per heavy atom. The zero-order chi connectivity index (χ0) is 29.9. The van der Waals surface area contributed by atoms with E-state index in [1.165, 1.54) is 61.7 Å². The van der Waals surface area contributed by atoms with E-state index in [2.05, 4.69) is 68.1 Å². The third-order valence-corrected chi connectivity index (χ3v) is 10.3. The van der Waals surface area contributed by atoms with Gasteiger partial charge in [-0.25, -0.2) is 9.97 Å². The van der Waals surface area contributed by atoms with Crippen LogP contribution >= 0.6 is 23.2 Å². The molecule has 0 atom stereocenters. The van der Waals surface area contributed by atoms with Gasteiger partial charge >= 0.3 is 0 Å². The molecule has 3 aromatic carbocycles. The van der Waals surface area contributed by atoms with E-state index >= 15 is 0 Å². The smallest absolute Gasteiger partial charge is 0.145 e.